The largest absolute Gasteiger partial charge is 0.406 e. The Bertz CT molecular complexity index is 602. The van der Waals surface area contributed by atoms with Crippen molar-refractivity contribution in [3.8, 4) is 0 Å². The zero-order valence-electron chi connectivity index (χ0n) is 13.7. The molecule has 1 aromatic rings. The van der Waals surface area contributed by atoms with E-state index < -0.39 is 24.7 Å². The maximum atomic E-state index is 12.6. The van der Waals surface area contributed by atoms with Crippen LogP contribution in [0.3, 0.4) is 0 Å². The molecule has 3 rings (SSSR count). The lowest BCUT2D eigenvalue weighted by molar-refractivity contribution is -0.159. The number of carbonyl (C=O) groups excluding carboxylic acids is 1. The second kappa shape index (κ2) is 6.34. The quantitative estimate of drug-likeness (QED) is 0.838. The van der Waals surface area contributed by atoms with Gasteiger partial charge in [-0.15, -0.1) is 0 Å². The van der Waals surface area contributed by atoms with E-state index >= 15 is 0 Å². The summed E-state index contributed by atoms with van der Waals surface area (Å²) in [4.78, 5) is 19.6. The SMILES string of the molecule is CC(C)c1nc(C2CCCN2C2CCN(CC(F)(F)F)C2=O)no1. The lowest BCUT2D eigenvalue weighted by Crippen LogP contribution is -2.44. The highest BCUT2D eigenvalue weighted by Gasteiger charge is 2.45. The van der Waals surface area contributed by atoms with E-state index in [0.717, 1.165) is 17.7 Å². The monoisotopic (exact) mass is 346 g/mol. The number of halogens is 3. The number of amides is 1. The van der Waals surface area contributed by atoms with Gasteiger partial charge in [0.2, 0.25) is 11.8 Å². The van der Waals surface area contributed by atoms with Crippen molar-refractivity contribution in [2.24, 2.45) is 0 Å². The van der Waals surface area contributed by atoms with Crippen molar-refractivity contribution in [1.82, 2.24) is 19.9 Å². The fourth-order valence-corrected chi connectivity index (χ4v) is 3.46. The van der Waals surface area contributed by atoms with Crippen molar-refractivity contribution in [3.05, 3.63) is 11.7 Å². The smallest absolute Gasteiger partial charge is 0.339 e. The summed E-state index contributed by atoms with van der Waals surface area (Å²) in [6.45, 7) is 3.50. The predicted molar refractivity (Wildman–Crippen MR) is 78.1 cm³/mol. The maximum absolute atomic E-state index is 12.6. The highest BCUT2D eigenvalue weighted by molar-refractivity contribution is 5.84. The first-order valence-electron chi connectivity index (χ1n) is 8.21. The fourth-order valence-electron chi connectivity index (χ4n) is 3.46. The molecule has 2 saturated heterocycles. The van der Waals surface area contributed by atoms with Crippen LogP contribution in [0.1, 0.15) is 56.8 Å². The summed E-state index contributed by atoms with van der Waals surface area (Å²) >= 11 is 0. The molecule has 0 aliphatic carbocycles. The lowest BCUT2D eigenvalue weighted by atomic mass is 10.1. The minimum atomic E-state index is -4.37. The molecule has 2 aliphatic rings. The summed E-state index contributed by atoms with van der Waals surface area (Å²) in [5.74, 6) is 0.717. The van der Waals surface area contributed by atoms with Crippen LogP contribution < -0.4 is 0 Å². The molecular weight excluding hydrogens is 325 g/mol. The number of hydrogen-bond donors (Lipinski definition) is 0. The molecule has 0 spiro atoms. The van der Waals surface area contributed by atoms with E-state index in [1.165, 1.54) is 0 Å². The molecule has 0 saturated carbocycles. The van der Waals surface area contributed by atoms with E-state index in [4.69, 9.17) is 4.52 Å². The van der Waals surface area contributed by atoms with Crippen molar-refractivity contribution in [2.75, 3.05) is 19.6 Å². The Balaban J connectivity index is 1.72. The number of rotatable bonds is 4. The molecule has 1 aromatic heterocycles. The maximum Gasteiger partial charge on any atom is 0.406 e. The molecule has 2 fully saturated rings. The van der Waals surface area contributed by atoms with Gasteiger partial charge in [0.1, 0.15) is 6.54 Å². The van der Waals surface area contributed by atoms with E-state index in [2.05, 4.69) is 10.1 Å². The third-order valence-corrected chi connectivity index (χ3v) is 4.58. The van der Waals surface area contributed by atoms with Gasteiger partial charge in [-0.2, -0.15) is 18.2 Å². The molecule has 2 unspecified atom stereocenters. The van der Waals surface area contributed by atoms with E-state index in [1.807, 2.05) is 18.7 Å². The Morgan fingerprint density at radius 3 is 2.62 bits per heavy atom. The van der Waals surface area contributed by atoms with Gasteiger partial charge in [0.05, 0.1) is 12.1 Å². The lowest BCUT2D eigenvalue weighted by Gasteiger charge is -2.27. The van der Waals surface area contributed by atoms with Crippen LogP contribution >= 0.6 is 0 Å². The molecule has 0 aromatic carbocycles. The predicted octanol–water partition coefficient (Wildman–Crippen LogP) is 2.49. The standard InChI is InChI=1S/C15H21F3N4O2/c1-9(2)13-19-12(20-24-13)10-4-3-6-22(10)11-5-7-21(14(11)23)8-15(16,17)18/h9-11H,3-8H2,1-2H3. The first-order valence-corrected chi connectivity index (χ1v) is 8.21. The molecule has 3 heterocycles. The summed E-state index contributed by atoms with van der Waals surface area (Å²) in [7, 11) is 0. The van der Waals surface area contributed by atoms with Crippen LogP contribution in [0.2, 0.25) is 0 Å². The van der Waals surface area contributed by atoms with Gasteiger partial charge in [0.25, 0.3) is 0 Å². The molecule has 1 amide bonds. The average molecular weight is 346 g/mol. The van der Waals surface area contributed by atoms with Gasteiger partial charge in [-0.3, -0.25) is 9.69 Å². The second-order valence-electron chi connectivity index (χ2n) is 6.72. The van der Waals surface area contributed by atoms with Gasteiger partial charge in [0, 0.05) is 12.5 Å². The second-order valence-corrected chi connectivity index (χ2v) is 6.72. The Morgan fingerprint density at radius 1 is 1.25 bits per heavy atom. The zero-order valence-corrected chi connectivity index (χ0v) is 13.7. The summed E-state index contributed by atoms with van der Waals surface area (Å²) in [6.07, 6.45) is -2.32. The highest BCUT2D eigenvalue weighted by Crippen LogP contribution is 2.36. The minimum absolute atomic E-state index is 0.108. The number of likely N-dealkylation sites (tertiary alicyclic amines) is 2. The van der Waals surface area contributed by atoms with E-state index in [-0.39, 0.29) is 18.5 Å². The van der Waals surface area contributed by atoms with Crippen molar-refractivity contribution < 1.29 is 22.5 Å². The zero-order chi connectivity index (χ0) is 17.5. The number of alkyl halides is 3. The number of nitrogens with zero attached hydrogens (tertiary/aromatic N) is 4. The number of carbonyl (C=O) groups is 1. The van der Waals surface area contributed by atoms with Gasteiger partial charge in [-0.1, -0.05) is 19.0 Å². The van der Waals surface area contributed by atoms with Gasteiger partial charge in [-0.05, 0) is 25.8 Å². The topological polar surface area (TPSA) is 62.5 Å². The molecule has 2 atom stereocenters. The molecule has 134 valence electrons. The van der Waals surface area contributed by atoms with Crippen molar-refractivity contribution >= 4 is 5.91 Å². The highest BCUT2D eigenvalue weighted by atomic mass is 19.4. The van der Waals surface area contributed by atoms with Gasteiger partial charge in [0.15, 0.2) is 5.82 Å². The van der Waals surface area contributed by atoms with Crippen LogP contribution in [0.15, 0.2) is 4.52 Å². The first kappa shape index (κ1) is 17.2. The van der Waals surface area contributed by atoms with Crippen molar-refractivity contribution in [2.45, 2.75) is 57.3 Å². The van der Waals surface area contributed by atoms with E-state index in [9.17, 15) is 18.0 Å². The van der Waals surface area contributed by atoms with Crippen LogP contribution in [0.4, 0.5) is 13.2 Å². The summed E-state index contributed by atoms with van der Waals surface area (Å²) < 4.78 is 42.9. The van der Waals surface area contributed by atoms with Crippen LogP contribution in [-0.2, 0) is 4.79 Å². The number of aromatic nitrogens is 2. The third kappa shape index (κ3) is 3.40. The van der Waals surface area contributed by atoms with Gasteiger partial charge in [-0.25, -0.2) is 0 Å². The molecule has 0 bridgehead atoms. The molecular formula is C15H21F3N4O2. The molecule has 0 N–H and O–H groups in total. The van der Waals surface area contributed by atoms with Crippen molar-refractivity contribution in [1.29, 1.82) is 0 Å². The molecule has 6 nitrogen and oxygen atoms in total. The third-order valence-electron chi connectivity index (χ3n) is 4.58. The Morgan fingerprint density at radius 2 is 2.00 bits per heavy atom. The van der Waals surface area contributed by atoms with Gasteiger partial charge >= 0.3 is 6.18 Å². The normalized spacial score (nSPS) is 26.1. The van der Waals surface area contributed by atoms with Crippen LogP contribution in [0.25, 0.3) is 0 Å². The fraction of sp³-hybridized carbons (Fsp3) is 0.800. The Kier molecular flexibility index (Phi) is 4.54. The first-order chi connectivity index (χ1) is 11.3. The summed E-state index contributed by atoms with van der Waals surface area (Å²) in [5, 5.41) is 4.01. The Labute approximate surface area is 138 Å². The number of hydrogen-bond acceptors (Lipinski definition) is 5. The summed E-state index contributed by atoms with van der Waals surface area (Å²) in [5.41, 5.74) is 0. The molecule has 9 heteroatoms. The average Bonchev–Trinajstić information content (AvgIpc) is 3.17. The molecule has 24 heavy (non-hydrogen) atoms. The van der Waals surface area contributed by atoms with Crippen LogP contribution in [0.5, 0.6) is 0 Å². The summed E-state index contributed by atoms with van der Waals surface area (Å²) in [6, 6.07) is -0.693. The van der Waals surface area contributed by atoms with Crippen LogP contribution in [-0.4, -0.2) is 57.7 Å². The van der Waals surface area contributed by atoms with E-state index in [0.29, 0.717) is 24.7 Å². The van der Waals surface area contributed by atoms with Crippen molar-refractivity contribution in [3.63, 3.8) is 0 Å². The van der Waals surface area contributed by atoms with Crippen LogP contribution in [0, 0.1) is 0 Å². The van der Waals surface area contributed by atoms with Gasteiger partial charge < -0.3 is 9.42 Å². The van der Waals surface area contributed by atoms with E-state index in [1.54, 1.807) is 0 Å². The minimum Gasteiger partial charge on any atom is -0.339 e. The molecule has 2 aliphatic heterocycles. The Hall–Kier alpha value is -1.64. The molecule has 0 radical (unpaired) electrons.